The zero-order chi connectivity index (χ0) is 20.2. The van der Waals surface area contributed by atoms with E-state index in [2.05, 4.69) is 46.0 Å². The topological polar surface area (TPSA) is 53.6 Å². The average molecular weight is 401 g/mol. The molecule has 2 N–H and O–H groups in total. The smallest absolute Gasteiger partial charge is 0.201 e. The standard InChI is InChI=1S/C24H21ClN4/c1-3-16(2)27-24-28-22-13-5-17(14-23(22)29-24)4-11-21-12-8-19(15-26-21)18-6-9-20(25)10-7-18/h5-10,12-16H,3H2,1-2H3,(H2,27,28,29). The van der Waals surface area contributed by atoms with Gasteiger partial charge in [-0.15, -0.1) is 0 Å². The van der Waals surface area contributed by atoms with Gasteiger partial charge in [-0.05, 0) is 61.2 Å². The molecular formula is C24H21ClN4. The van der Waals surface area contributed by atoms with Crippen molar-refractivity contribution < 1.29 is 0 Å². The van der Waals surface area contributed by atoms with Crippen molar-refractivity contribution in [2.45, 2.75) is 26.3 Å². The number of imidazole rings is 1. The molecule has 4 rings (SSSR count). The summed E-state index contributed by atoms with van der Waals surface area (Å²) in [7, 11) is 0. The minimum Gasteiger partial charge on any atom is -0.353 e. The number of anilines is 1. The lowest BCUT2D eigenvalue weighted by Crippen LogP contribution is -2.14. The first-order valence-electron chi connectivity index (χ1n) is 9.61. The maximum absolute atomic E-state index is 5.95. The number of aromatic amines is 1. The van der Waals surface area contributed by atoms with Crippen molar-refractivity contribution in [3.05, 3.63) is 77.1 Å². The molecule has 2 heterocycles. The van der Waals surface area contributed by atoms with Crippen molar-refractivity contribution >= 4 is 28.6 Å². The van der Waals surface area contributed by atoms with Gasteiger partial charge in [-0.3, -0.25) is 0 Å². The molecule has 29 heavy (non-hydrogen) atoms. The largest absolute Gasteiger partial charge is 0.353 e. The van der Waals surface area contributed by atoms with Crippen LogP contribution in [0.3, 0.4) is 0 Å². The van der Waals surface area contributed by atoms with Crippen molar-refractivity contribution in [1.82, 2.24) is 15.0 Å². The molecule has 2 aromatic heterocycles. The maximum atomic E-state index is 5.95. The monoisotopic (exact) mass is 400 g/mol. The van der Waals surface area contributed by atoms with Crippen LogP contribution in [0.15, 0.2) is 60.8 Å². The van der Waals surface area contributed by atoms with Gasteiger partial charge >= 0.3 is 0 Å². The van der Waals surface area contributed by atoms with Crippen LogP contribution in [-0.2, 0) is 0 Å². The normalized spacial score (nSPS) is 11.7. The molecule has 0 aliphatic carbocycles. The number of pyridine rings is 1. The molecule has 0 amide bonds. The molecule has 0 spiro atoms. The van der Waals surface area contributed by atoms with Gasteiger partial charge in [-0.25, -0.2) is 9.97 Å². The molecule has 0 saturated heterocycles. The van der Waals surface area contributed by atoms with Gasteiger partial charge in [0.05, 0.1) is 11.0 Å². The van der Waals surface area contributed by atoms with E-state index in [-0.39, 0.29) is 0 Å². The van der Waals surface area contributed by atoms with Gasteiger partial charge in [0.1, 0.15) is 5.69 Å². The second-order valence-electron chi connectivity index (χ2n) is 6.96. The summed E-state index contributed by atoms with van der Waals surface area (Å²) in [5.41, 5.74) is 5.63. The van der Waals surface area contributed by atoms with Crippen molar-refractivity contribution in [3.63, 3.8) is 0 Å². The van der Waals surface area contributed by atoms with E-state index in [1.54, 1.807) is 0 Å². The molecule has 4 aromatic rings. The highest BCUT2D eigenvalue weighted by Gasteiger charge is 2.05. The number of halogens is 1. The molecule has 0 saturated carbocycles. The number of benzene rings is 2. The van der Waals surface area contributed by atoms with Crippen LogP contribution in [0.1, 0.15) is 31.5 Å². The number of aromatic nitrogens is 3. The summed E-state index contributed by atoms with van der Waals surface area (Å²) >= 11 is 5.95. The molecule has 1 atom stereocenters. The Morgan fingerprint density at radius 3 is 2.55 bits per heavy atom. The average Bonchev–Trinajstić information content (AvgIpc) is 3.14. The summed E-state index contributed by atoms with van der Waals surface area (Å²) in [4.78, 5) is 12.4. The van der Waals surface area contributed by atoms with Crippen molar-refractivity contribution in [2.75, 3.05) is 5.32 Å². The van der Waals surface area contributed by atoms with Crippen LogP contribution < -0.4 is 5.32 Å². The highest BCUT2D eigenvalue weighted by Crippen LogP contribution is 2.21. The molecule has 4 nitrogen and oxygen atoms in total. The highest BCUT2D eigenvalue weighted by molar-refractivity contribution is 6.30. The first-order valence-corrected chi connectivity index (χ1v) is 9.99. The SMILES string of the molecule is CCC(C)Nc1nc2cc(C#Cc3ccc(-c4ccc(Cl)cc4)cn3)ccc2[nH]1. The third-order valence-electron chi connectivity index (χ3n) is 4.75. The quantitative estimate of drug-likeness (QED) is 0.420. The van der Waals surface area contributed by atoms with Crippen molar-refractivity contribution in [3.8, 4) is 23.0 Å². The van der Waals surface area contributed by atoms with Crippen molar-refractivity contribution in [2.24, 2.45) is 0 Å². The Bertz CT molecular complexity index is 1180. The van der Waals surface area contributed by atoms with E-state index in [4.69, 9.17) is 11.6 Å². The Hall–Kier alpha value is -3.29. The molecule has 0 bridgehead atoms. The summed E-state index contributed by atoms with van der Waals surface area (Å²) in [6.07, 6.45) is 2.87. The van der Waals surface area contributed by atoms with Crippen LogP contribution in [0.2, 0.25) is 5.02 Å². The molecule has 0 aliphatic rings. The summed E-state index contributed by atoms with van der Waals surface area (Å²) in [5.74, 6) is 7.09. The number of rotatable bonds is 4. The van der Waals surface area contributed by atoms with E-state index in [9.17, 15) is 0 Å². The molecule has 2 aromatic carbocycles. The molecule has 0 radical (unpaired) electrons. The van der Waals surface area contributed by atoms with Gasteiger partial charge in [0.25, 0.3) is 0 Å². The Labute approximate surface area is 175 Å². The number of nitrogens with one attached hydrogen (secondary N) is 2. The molecule has 5 heteroatoms. The van der Waals surface area contributed by atoms with Crippen LogP contribution in [0.4, 0.5) is 5.95 Å². The van der Waals surface area contributed by atoms with Crippen LogP contribution in [0, 0.1) is 11.8 Å². The maximum Gasteiger partial charge on any atom is 0.201 e. The van der Waals surface area contributed by atoms with E-state index in [1.165, 1.54) is 0 Å². The van der Waals surface area contributed by atoms with Crippen LogP contribution >= 0.6 is 11.6 Å². The minimum atomic E-state index is 0.372. The molecule has 0 fully saturated rings. The Morgan fingerprint density at radius 1 is 1.03 bits per heavy atom. The third-order valence-corrected chi connectivity index (χ3v) is 5.01. The van der Waals surface area contributed by atoms with Gasteiger partial charge < -0.3 is 10.3 Å². The number of fused-ring (bicyclic) bond motifs is 1. The fourth-order valence-electron chi connectivity index (χ4n) is 2.90. The molecule has 1 unspecified atom stereocenters. The Kier molecular flexibility index (Phi) is 5.50. The van der Waals surface area contributed by atoms with Gasteiger partial charge in [0, 0.05) is 28.4 Å². The number of hydrogen-bond donors (Lipinski definition) is 2. The van der Waals surface area contributed by atoms with E-state index in [0.717, 1.165) is 50.8 Å². The number of hydrogen-bond acceptors (Lipinski definition) is 3. The van der Waals surface area contributed by atoms with E-state index < -0.39 is 0 Å². The molecular weight excluding hydrogens is 380 g/mol. The summed E-state index contributed by atoms with van der Waals surface area (Å²) in [6.45, 7) is 4.28. The Morgan fingerprint density at radius 2 is 1.83 bits per heavy atom. The number of nitrogens with zero attached hydrogens (tertiary/aromatic N) is 2. The number of H-pyrrole nitrogens is 1. The van der Waals surface area contributed by atoms with Gasteiger partial charge in [-0.1, -0.05) is 42.6 Å². The van der Waals surface area contributed by atoms with Gasteiger partial charge in [-0.2, -0.15) is 0 Å². The van der Waals surface area contributed by atoms with Crippen LogP contribution in [0.5, 0.6) is 0 Å². The second-order valence-corrected chi connectivity index (χ2v) is 7.40. The van der Waals surface area contributed by atoms with Crippen LogP contribution in [0.25, 0.3) is 22.2 Å². The first-order chi connectivity index (χ1) is 14.1. The highest BCUT2D eigenvalue weighted by atomic mass is 35.5. The summed E-state index contributed by atoms with van der Waals surface area (Å²) < 4.78 is 0. The predicted molar refractivity (Wildman–Crippen MR) is 120 cm³/mol. The van der Waals surface area contributed by atoms with Gasteiger partial charge in [0.15, 0.2) is 0 Å². The second kappa shape index (κ2) is 8.38. The lowest BCUT2D eigenvalue weighted by Gasteiger charge is -2.08. The summed E-state index contributed by atoms with van der Waals surface area (Å²) in [5, 5.41) is 4.08. The minimum absolute atomic E-state index is 0.372. The summed E-state index contributed by atoms with van der Waals surface area (Å²) in [6, 6.07) is 18.0. The molecule has 144 valence electrons. The van der Waals surface area contributed by atoms with Crippen LogP contribution in [-0.4, -0.2) is 21.0 Å². The lowest BCUT2D eigenvalue weighted by atomic mass is 10.1. The molecule has 0 aliphatic heterocycles. The fraction of sp³-hybridized carbons (Fsp3) is 0.167. The Balaban J connectivity index is 1.52. The first kappa shape index (κ1) is 19.0. The fourth-order valence-corrected chi connectivity index (χ4v) is 3.03. The van der Waals surface area contributed by atoms with Crippen molar-refractivity contribution in [1.29, 1.82) is 0 Å². The lowest BCUT2D eigenvalue weighted by molar-refractivity contribution is 0.756. The zero-order valence-corrected chi connectivity index (χ0v) is 17.1. The van der Waals surface area contributed by atoms with E-state index in [1.807, 2.05) is 60.8 Å². The third kappa shape index (κ3) is 4.59. The predicted octanol–water partition coefficient (Wildman–Crippen LogP) is 5.89. The zero-order valence-electron chi connectivity index (χ0n) is 16.3. The van der Waals surface area contributed by atoms with Gasteiger partial charge in [0.2, 0.25) is 5.95 Å². The van der Waals surface area contributed by atoms with E-state index >= 15 is 0 Å². The van der Waals surface area contributed by atoms with E-state index in [0.29, 0.717) is 6.04 Å².